The summed E-state index contributed by atoms with van der Waals surface area (Å²) in [6, 6.07) is 0.322. The van der Waals surface area contributed by atoms with E-state index in [1.54, 1.807) is 0 Å². The summed E-state index contributed by atoms with van der Waals surface area (Å²) in [6.45, 7) is 4.49. The van der Waals surface area contributed by atoms with Gasteiger partial charge in [-0.3, -0.25) is 0 Å². The van der Waals surface area contributed by atoms with Crippen molar-refractivity contribution in [3.05, 3.63) is 5.56 Å². The Morgan fingerprint density at radius 2 is 1.38 bits per heavy atom. The third kappa shape index (κ3) is 3.49. The van der Waals surface area contributed by atoms with Gasteiger partial charge in [0.1, 0.15) is 54.9 Å². The van der Waals surface area contributed by atoms with Crippen molar-refractivity contribution in [2.45, 2.75) is 36.0 Å². The smallest absolute Gasteiger partial charge is 0.197 e. The summed E-state index contributed by atoms with van der Waals surface area (Å²) in [5.41, 5.74) is 4.46. The fourth-order valence-corrected chi connectivity index (χ4v) is 3.86. The molecule has 1 aromatic rings. The number of hydrogen-bond donors (Lipinski definition) is 1. The zero-order valence-corrected chi connectivity index (χ0v) is 17.4. The molecule has 0 bridgehead atoms. The quantitative estimate of drug-likeness (QED) is 0.560. The van der Waals surface area contributed by atoms with Crippen LogP contribution in [0.25, 0.3) is 0 Å². The van der Waals surface area contributed by atoms with Crippen LogP contribution in [-0.4, -0.2) is 87.6 Å². The molecule has 1 atom stereocenters. The van der Waals surface area contributed by atoms with Gasteiger partial charge in [0.05, 0.1) is 0 Å². The molecule has 3 nitrogen and oxygen atoms in total. The Labute approximate surface area is 155 Å². The van der Waals surface area contributed by atoms with Gasteiger partial charge in [-0.05, 0) is 27.5 Å². The van der Waals surface area contributed by atoms with Gasteiger partial charge in [0.25, 0.3) is 0 Å². The summed E-state index contributed by atoms with van der Waals surface area (Å²) in [5, 5.41) is 3.79. The highest BCUT2D eigenvalue weighted by molar-refractivity contribution is 6.56. The summed E-state index contributed by atoms with van der Waals surface area (Å²) >= 11 is 0. The summed E-state index contributed by atoms with van der Waals surface area (Å²) in [7, 11) is 19.5. The molecule has 0 spiro atoms. The summed E-state index contributed by atoms with van der Waals surface area (Å²) in [4.78, 5) is 0. The molecule has 1 heterocycles. The van der Waals surface area contributed by atoms with Gasteiger partial charge in [0, 0.05) is 0 Å². The van der Waals surface area contributed by atoms with Crippen LogP contribution in [0.5, 0.6) is 11.5 Å². The Hall–Kier alpha value is -0.636. The molecule has 2 rings (SSSR count). The van der Waals surface area contributed by atoms with Crippen LogP contribution in [0.3, 0.4) is 0 Å². The zero-order chi connectivity index (χ0) is 18.7. The third-order valence-electron chi connectivity index (χ3n) is 5.27. The van der Waals surface area contributed by atoms with Crippen molar-refractivity contribution in [2.24, 2.45) is 0 Å². The van der Waals surface area contributed by atoms with E-state index in [2.05, 4.69) is 74.1 Å². The van der Waals surface area contributed by atoms with Crippen molar-refractivity contribution in [2.75, 3.05) is 0 Å². The predicted molar refractivity (Wildman–Crippen MR) is 129 cm³/mol. The molecule has 1 aliphatic rings. The monoisotopic (exact) mass is 315 g/mol. The Morgan fingerprint density at radius 3 is 1.83 bits per heavy atom. The highest BCUT2D eigenvalue weighted by Gasteiger charge is 2.39. The molecule has 1 N–H and O–H groups in total. The van der Waals surface area contributed by atoms with Gasteiger partial charge in [-0.2, -0.15) is 0 Å². The first-order valence-corrected chi connectivity index (χ1v) is 8.97. The van der Waals surface area contributed by atoms with Crippen molar-refractivity contribution < 1.29 is 9.47 Å². The Morgan fingerprint density at radius 1 is 0.917 bits per heavy atom. The number of fused-ring (bicyclic) bond motifs is 1. The molecule has 0 unspecified atom stereocenters. The fraction of sp³-hybridized carbons (Fsp3) is 0.500. The van der Waals surface area contributed by atoms with E-state index in [0.29, 0.717) is 6.04 Å². The van der Waals surface area contributed by atoms with E-state index in [9.17, 15) is 0 Å². The standard InChI is InChI=1S/C12H26B9NO2/c1-3(22-10(2,16)17)11(18,19)4-5(13)7(15)9-8(6(4)14)23-12(20,21)24-9/h3,22H,13-21H2,1-2H3/t3-/m1/s1. The zero-order valence-electron chi connectivity index (χ0n) is 17.4. The number of hydrogen-bond acceptors (Lipinski definition) is 3. The first-order chi connectivity index (χ1) is 10.7. The van der Waals surface area contributed by atoms with E-state index in [1.165, 1.54) is 22.0 Å². The van der Waals surface area contributed by atoms with Crippen LogP contribution in [0.15, 0.2) is 0 Å². The molecule has 0 saturated carbocycles. The maximum Gasteiger partial charge on any atom is 0.197 e. The van der Waals surface area contributed by atoms with Crippen LogP contribution in [0, 0.1) is 0 Å². The van der Waals surface area contributed by atoms with E-state index >= 15 is 0 Å². The minimum Gasteiger partial charge on any atom is -0.467 e. The molecule has 0 radical (unpaired) electrons. The molecule has 24 heavy (non-hydrogen) atoms. The van der Waals surface area contributed by atoms with Crippen LogP contribution in [-0.2, 0) is 5.21 Å². The predicted octanol–water partition coefficient (Wildman–Crippen LogP) is -9.55. The topological polar surface area (TPSA) is 30.5 Å². The molecule has 0 amide bonds. The van der Waals surface area contributed by atoms with Crippen LogP contribution in [0.2, 0.25) is 0 Å². The van der Waals surface area contributed by atoms with E-state index in [-0.39, 0.29) is 10.6 Å². The average molecular weight is 314 g/mol. The second kappa shape index (κ2) is 5.97. The average Bonchev–Trinajstić information content (AvgIpc) is 2.70. The largest absolute Gasteiger partial charge is 0.467 e. The minimum atomic E-state index is -0.595. The Bertz CT molecular complexity index is 672. The second-order valence-corrected chi connectivity index (χ2v) is 9.35. The van der Waals surface area contributed by atoms with Crippen LogP contribution >= 0.6 is 0 Å². The molecule has 1 aromatic carbocycles. The third-order valence-corrected chi connectivity index (χ3v) is 5.27. The van der Waals surface area contributed by atoms with E-state index in [4.69, 9.17) is 9.47 Å². The highest BCUT2D eigenvalue weighted by atomic mass is 16.7. The van der Waals surface area contributed by atoms with Crippen molar-refractivity contribution in [1.82, 2.24) is 5.32 Å². The molecule has 0 fully saturated rings. The lowest BCUT2D eigenvalue weighted by atomic mass is 9.43. The van der Waals surface area contributed by atoms with Crippen LogP contribution < -0.4 is 31.2 Å². The number of nitrogens with one attached hydrogen (secondary N) is 1. The van der Waals surface area contributed by atoms with Gasteiger partial charge in [0.2, 0.25) is 0 Å². The van der Waals surface area contributed by atoms with Crippen molar-refractivity contribution in [1.29, 1.82) is 0 Å². The number of benzene rings is 1. The van der Waals surface area contributed by atoms with E-state index in [1.807, 2.05) is 15.7 Å². The molecule has 0 aromatic heterocycles. The van der Waals surface area contributed by atoms with Gasteiger partial charge in [0.15, 0.2) is 32.8 Å². The Balaban J connectivity index is 2.58. The van der Waals surface area contributed by atoms with E-state index < -0.39 is 5.59 Å². The normalized spacial score (nSPS) is 17.6. The van der Waals surface area contributed by atoms with Crippen LogP contribution in [0.4, 0.5) is 0 Å². The van der Waals surface area contributed by atoms with Crippen molar-refractivity contribution in [3.8, 4) is 11.5 Å². The van der Waals surface area contributed by atoms with Gasteiger partial charge in [-0.15, -0.1) is 0 Å². The van der Waals surface area contributed by atoms with Crippen molar-refractivity contribution in [3.63, 3.8) is 0 Å². The molecular formula is C12H26B9NO2. The highest BCUT2D eigenvalue weighted by Crippen LogP contribution is 2.35. The SMILES string of the molecule is Bc1c(B)c(C(B)(B)[C@@H](C)NC(B)(B)C)c(B)c2c1OC(B)(B)O2. The first-order valence-electron chi connectivity index (χ1n) is 8.97. The van der Waals surface area contributed by atoms with Gasteiger partial charge < -0.3 is 14.8 Å². The second-order valence-electron chi connectivity index (χ2n) is 9.35. The molecule has 118 valence electrons. The molecule has 12 heteroatoms. The summed E-state index contributed by atoms with van der Waals surface area (Å²) in [6.07, 6.45) is 0. The maximum atomic E-state index is 6.13. The molecular weight excluding hydrogens is 287 g/mol. The van der Waals surface area contributed by atoms with Crippen molar-refractivity contribution >= 4 is 87.0 Å². The molecule has 0 aliphatic carbocycles. The summed E-state index contributed by atoms with van der Waals surface area (Å²) in [5.74, 6) is 1.82. The van der Waals surface area contributed by atoms with Gasteiger partial charge >= 0.3 is 0 Å². The number of ether oxygens (including phenoxy) is 2. The molecule has 0 saturated heterocycles. The first kappa shape index (κ1) is 19.7. The minimum absolute atomic E-state index is 0.0304. The summed E-state index contributed by atoms with van der Waals surface area (Å²) < 4.78 is 12.2. The lowest BCUT2D eigenvalue weighted by molar-refractivity contribution is 0.0844. The fourth-order valence-electron chi connectivity index (χ4n) is 3.86. The van der Waals surface area contributed by atoms with E-state index in [0.717, 1.165) is 11.5 Å². The Kier molecular flexibility index (Phi) is 4.89. The van der Waals surface area contributed by atoms with Gasteiger partial charge in [-0.1, -0.05) is 24.9 Å². The number of rotatable bonds is 4. The lowest BCUT2D eigenvalue weighted by Crippen LogP contribution is -2.60. The lowest BCUT2D eigenvalue weighted by Gasteiger charge is -2.41. The molecule has 1 aliphatic heterocycles. The van der Waals surface area contributed by atoms with Gasteiger partial charge in [-0.25, -0.2) is 0 Å². The van der Waals surface area contributed by atoms with Crippen LogP contribution in [0.1, 0.15) is 19.4 Å². The maximum absolute atomic E-state index is 6.13.